The Hall–Kier alpha value is -3.15. The van der Waals surface area contributed by atoms with Gasteiger partial charge < -0.3 is 14.2 Å². The van der Waals surface area contributed by atoms with Crippen LogP contribution in [0.3, 0.4) is 0 Å². The molecule has 0 atom stereocenters. The van der Waals surface area contributed by atoms with Gasteiger partial charge in [-0.05, 0) is 30.9 Å². The number of hydrogen-bond acceptors (Lipinski definition) is 4. The second-order valence-electron chi connectivity index (χ2n) is 7.07. The van der Waals surface area contributed by atoms with E-state index >= 15 is 0 Å². The van der Waals surface area contributed by atoms with E-state index in [-0.39, 0.29) is 5.91 Å². The SMILES string of the molecule is COc1ncccc1C(=O)N1CCC(Cn2ccnc2-c2ccccc2)CC1. The first-order valence-electron chi connectivity index (χ1n) is 9.61. The third kappa shape index (κ3) is 3.76. The highest BCUT2D eigenvalue weighted by Gasteiger charge is 2.26. The van der Waals surface area contributed by atoms with Gasteiger partial charge in [0.05, 0.1) is 7.11 Å². The second kappa shape index (κ2) is 8.25. The summed E-state index contributed by atoms with van der Waals surface area (Å²) in [5.74, 6) is 1.91. The quantitative estimate of drug-likeness (QED) is 0.684. The van der Waals surface area contributed by atoms with Crippen molar-refractivity contribution in [1.29, 1.82) is 0 Å². The van der Waals surface area contributed by atoms with Crippen molar-refractivity contribution < 1.29 is 9.53 Å². The van der Waals surface area contributed by atoms with Gasteiger partial charge >= 0.3 is 0 Å². The predicted molar refractivity (Wildman–Crippen MR) is 107 cm³/mol. The van der Waals surface area contributed by atoms with Crippen molar-refractivity contribution in [1.82, 2.24) is 19.4 Å². The fourth-order valence-corrected chi connectivity index (χ4v) is 3.79. The fourth-order valence-electron chi connectivity index (χ4n) is 3.79. The number of aromatic nitrogens is 3. The third-order valence-corrected chi connectivity index (χ3v) is 5.30. The van der Waals surface area contributed by atoms with Gasteiger partial charge in [-0.1, -0.05) is 30.3 Å². The molecule has 2 aromatic heterocycles. The molecule has 1 fully saturated rings. The minimum Gasteiger partial charge on any atom is -0.480 e. The molecule has 1 aliphatic heterocycles. The number of methoxy groups -OCH3 is 1. The topological polar surface area (TPSA) is 60.2 Å². The molecule has 0 saturated carbocycles. The van der Waals surface area contributed by atoms with Gasteiger partial charge in [0.25, 0.3) is 5.91 Å². The van der Waals surface area contributed by atoms with Gasteiger partial charge in [-0.25, -0.2) is 9.97 Å². The van der Waals surface area contributed by atoms with Crippen LogP contribution in [0.1, 0.15) is 23.2 Å². The Bertz CT molecular complexity index is 930. The van der Waals surface area contributed by atoms with Crippen LogP contribution in [0.25, 0.3) is 11.4 Å². The molecule has 6 heteroatoms. The molecule has 0 radical (unpaired) electrons. The summed E-state index contributed by atoms with van der Waals surface area (Å²) < 4.78 is 7.46. The van der Waals surface area contributed by atoms with Crippen LogP contribution >= 0.6 is 0 Å². The predicted octanol–water partition coefficient (Wildman–Crippen LogP) is 3.51. The summed E-state index contributed by atoms with van der Waals surface area (Å²) in [5.41, 5.74) is 1.66. The molecule has 28 heavy (non-hydrogen) atoms. The first-order chi connectivity index (χ1) is 13.8. The number of amides is 1. The van der Waals surface area contributed by atoms with Gasteiger partial charge in [0.15, 0.2) is 0 Å². The Morgan fingerprint density at radius 2 is 1.86 bits per heavy atom. The Morgan fingerprint density at radius 1 is 1.07 bits per heavy atom. The van der Waals surface area contributed by atoms with Crippen LogP contribution in [0.2, 0.25) is 0 Å². The zero-order valence-electron chi connectivity index (χ0n) is 16.0. The smallest absolute Gasteiger partial charge is 0.259 e. The number of likely N-dealkylation sites (tertiary alicyclic amines) is 1. The summed E-state index contributed by atoms with van der Waals surface area (Å²) in [7, 11) is 1.54. The van der Waals surface area contributed by atoms with E-state index in [1.54, 1.807) is 25.4 Å². The van der Waals surface area contributed by atoms with Gasteiger partial charge in [-0.15, -0.1) is 0 Å². The highest BCUT2D eigenvalue weighted by atomic mass is 16.5. The van der Waals surface area contributed by atoms with Crippen LogP contribution in [0.15, 0.2) is 61.1 Å². The number of ether oxygens (including phenoxy) is 1. The highest BCUT2D eigenvalue weighted by Crippen LogP contribution is 2.25. The lowest BCUT2D eigenvalue weighted by Crippen LogP contribution is -2.39. The van der Waals surface area contributed by atoms with E-state index in [9.17, 15) is 4.79 Å². The Kier molecular flexibility index (Phi) is 5.37. The van der Waals surface area contributed by atoms with E-state index in [0.717, 1.165) is 43.9 Å². The summed E-state index contributed by atoms with van der Waals surface area (Å²) in [6.07, 6.45) is 7.48. The summed E-state index contributed by atoms with van der Waals surface area (Å²) in [5, 5.41) is 0. The molecule has 1 amide bonds. The summed E-state index contributed by atoms with van der Waals surface area (Å²) in [6.45, 7) is 2.41. The van der Waals surface area contributed by atoms with Crippen LogP contribution in [0.5, 0.6) is 5.88 Å². The van der Waals surface area contributed by atoms with Crippen LogP contribution in [-0.4, -0.2) is 45.5 Å². The molecular weight excluding hydrogens is 352 g/mol. The number of imidazole rings is 1. The number of nitrogens with zero attached hydrogens (tertiary/aromatic N) is 4. The maximum Gasteiger partial charge on any atom is 0.259 e. The maximum absolute atomic E-state index is 12.8. The molecule has 1 saturated heterocycles. The zero-order chi connectivity index (χ0) is 19.3. The third-order valence-electron chi connectivity index (χ3n) is 5.30. The van der Waals surface area contributed by atoms with E-state index in [1.807, 2.05) is 35.5 Å². The lowest BCUT2D eigenvalue weighted by Gasteiger charge is -2.32. The molecule has 1 aromatic carbocycles. The van der Waals surface area contributed by atoms with Gasteiger partial charge in [-0.3, -0.25) is 4.79 Å². The molecule has 144 valence electrons. The average molecular weight is 376 g/mol. The van der Waals surface area contributed by atoms with E-state index in [0.29, 0.717) is 17.4 Å². The van der Waals surface area contributed by atoms with E-state index in [4.69, 9.17) is 4.74 Å². The summed E-state index contributed by atoms with van der Waals surface area (Å²) in [4.78, 5) is 23.4. The molecule has 0 aliphatic carbocycles. The monoisotopic (exact) mass is 376 g/mol. The van der Waals surface area contributed by atoms with Gasteiger partial charge in [0, 0.05) is 43.8 Å². The number of benzene rings is 1. The van der Waals surface area contributed by atoms with Gasteiger partial charge in [0.1, 0.15) is 11.4 Å². The van der Waals surface area contributed by atoms with Gasteiger partial charge in [0.2, 0.25) is 5.88 Å². The molecule has 1 aliphatic rings. The number of rotatable bonds is 5. The standard InChI is InChI=1S/C22H24N4O2/c1-28-21-19(8-5-11-24-21)22(27)25-13-9-17(10-14-25)16-26-15-12-23-20(26)18-6-3-2-4-7-18/h2-8,11-12,15,17H,9-10,13-14,16H2,1H3. The van der Waals surface area contributed by atoms with Crippen molar-refractivity contribution >= 4 is 5.91 Å². The van der Waals surface area contributed by atoms with Crippen LogP contribution in [-0.2, 0) is 6.54 Å². The molecule has 4 rings (SSSR count). The Labute approximate surface area is 164 Å². The fraction of sp³-hybridized carbons (Fsp3) is 0.318. The minimum absolute atomic E-state index is 0.00370. The number of pyridine rings is 1. The molecule has 0 N–H and O–H groups in total. The molecule has 3 heterocycles. The molecule has 0 bridgehead atoms. The Balaban J connectivity index is 1.39. The number of carbonyl (C=O) groups excluding carboxylic acids is 1. The summed E-state index contributed by atoms with van der Waals surface area (Å²) in [6, 6.07) is 13.8. The first kappa shape index (κ1) is 18.2. The summed E-state index contributed by atoms with van der Waals surface area (Å²) >= 11 is 0. The molecular formula is C22H24N4O2. The van der Waals surface area contributed by atoms with Crippen molar-refractivity contribution in [2.75, 3.05) is 20.2 Å². The van der Waals surface area contributed by atoms with Crippen molar-refractivity contribution in [2.45, 2.75) is 19.4 Å². The minimum atomic E-state index is -0.00370. The van der Waals surface area contributed by atoms with Crippen LogP contribution in [0, 0.1) is 5.92 Å². The van der Waals surface area contributed by atoms with E-state index in [2.05, 4.69) is 26.7 Å². The lowest BCUT2D eigenvalue weighted by molar-refractivity contribution is 0.0679. The van der Waals surface area contributed by atoms with Crippen molar-refractivity contribution in [3.8, 4) is 17.3 Å². The van der Waals surface area contributed by atoms with Crippen molar-refractivity contribution in [3.63, 3.8) is 0 Å². The van der Waals surface area contributed by atoms with E-state index in [1.165, 1.54) is 0 Å². The molecule has 0 unspecified atom stereocenters. The van der Waals surface area contributed by atoms with Crippen molar-refractivity contribution in [2.24, 2.45) is 5.92 Å². The average Bonchev–Trinajstić information content (AvgIpc) is 3.22. The number of carbonyl (C=O) groups is 1. The maximum atomic E-state index is 12.8. The van der Waals surface area contributed by atoms with Crippen molar-refractivity contribution in [3.05, 3.63) is 66.6 Å². The molecule has 0 spiro atoms. The highest BCUT2D eigenvalue weighted by molar-refractivity contribution is 5.96. The number of piperidine rings is 1. The lowest BCUT2D eigenvalue weighted by atomic mass is 9.96. The number of hydrogen-bond donors (Lipinski definition) is 0. The molecule has 3 aromatic rings. The first-order valence-corrected chi connectivity index (χ1v) is 9.61. The van der Waals surface area contributed by atoms with E-state index < -0.39 is 0 Å². The van der Waals surface area contributed by atoms with Crippen LogP contribution < -0.4 is 4.74 Å². The normalized spacial score (nSPS) is 14.8. The van der Waals surface area contributed by atoms with Crippen LogP contribution in [0.4, 0.5) is 0 Å². The Morgan fingerprint density at radius 3 is 2.61 bits per heavy atom. The zero-order valence-corrected chi connectivity index (χ0v) is 16.0. The largest absolute Gasteiger partial charge is 0.480 e. The molecule has 6 nitrogen and oxygen atoms in total. The second-order valence-corrected chi connectivity index (χ2v) is 7.07. The van der Waals surface area contributed by atoms with Gasteiger partial charge in [-0.2, -0.15) is 0 Å².